The van der Waals surface area contributed by atoms with Crippen LogP contribution in [0.4, 0.5) is 0 Å². The zero-order chi connectivity index (χ0) is 25.0. The summed E-state index contributed by atoms with van der Waals surface area (Å²) in [5.41, 5.74) is 1.60. The number of ether oxygens (including phenoxy) is 5. The average molecular weight is 472 g/mol. The highest BCUT2D eigenvalue weighted by Gasteiger charge is 2.11. The normalized spacial score (nSPS) is 10.7. The summed E-state index contributed by atoms with van der Waals surface area (Å²) < 4.78 is 26.2. The van der Waals surface area contributed by atoms with Crippen molar-refractivity contribution in [1.29, 1.82) is 0 Å². The van der Waals surface area contributed by atoms with Gasteiger partial charge in [-0.25, -0.2) is 9.59 Å². The van der Waals surface area contributed by atoms with Crippen LogP contribution in [0, 0.1) is 0 Å². The lowest BCUT2D eigenvalue weighted by Gasteiger charge is -2.10. The van der Waals surface area contributed by atoms with Gasteiger partial charge in [0.2, 0.25) is 0 Å². The van der Waals surface area contributed by atoms with Gasteiger partial charge in [0.25, 0.3) is 0 Å². The molecule has 178 valence electrons. The number of hydrogen-bond acceptors (Lipinski definition) is 7. The molecule has 0 amide bonds. The molecular weight excluding hydrogens is 448 g/mol. The lowest BCUT2D eigenvalue weighted by molar-refractivity contribution is -0.130. The van der Waals surface area contributed by atoms with Gasteiger partial charge >= 0.3 is 11.9 Å². The van der Waals surface area contributed by atoms with Gasteiger partial charge < -0.3 is 23.7 Å². The van der Waals surface area contributed by atoms with E-state index in [9.17, 15) is 9.59 Å². The molecule has 0 spiro atoms. The summed E-state index contributed by atoms with van der Waals surface area (Å²) in [5.74, 6) is 0.863. The van der Waals surface area contributed by atoms with Crippen LogP contribution in [0.15, 0.2) is 91.7 Å². The van der Waals surface area contributed by atoms with E-state index in [1.165, 1.54) is 43.7 Å². The molecule has 0 bridgehead atoms. The Bertz CT molecular complexity index is 1220. The summed E-state index contributed by atoms with van der Waals surface area (Å²) in [4.78, 5) is 24.4. The highest BCUT2D eigenvalue weighted by molar-refractivity contribution is 5.90. The van der Waals surface area contributed by atoms with Crippen LogP contribution in [-0.2, 0) is 9.59 Å². The van der Waals surface area contributed by atoms with E-state index in [-0.39, 0.29) is 17.2 Å². The summed E-state index contributed by atoms with van der Waals surface area (Å²) in [7, 11) is 3.00. The van der Waals surface area contributed by atoms with Crippen LogP contribution >= 0.6 is 0 Å². The Morgan fingerprint density at radius 3 is 1.74 bits per heavy atom. The molecule has 0 aliphatic carbocycles. The van der Waals surface area contributed by atoms with Crippen molar-refractivity contribution in [2.45, 2.75) is 0 Å². The molecule has 7 heteroatoms. The second-order valence-corrected chi connectivity index (χ2v) is 6.95. The predicted octanol–water partition coefficient (Wildman–Crippen LogP) is 5.46. The molecule has 0 fully saturated rings. The van der Waals surface area contributed by atoms with Crippen LogP contribution in [0.3, 0.4) is 0 Å². The highest BCUT2D eigenvalue weighted by Crippen LogP contribution is 2.31. The number of esters is 2. The second kappa shape index (κ2) is 12.5. The van der Waals surface area contributed by atoms with Crippen molar-refractivity contribution >= 4 is 24.1 Å². The van der Waals surface area contributed by atoms with Crippen molar-refractivity contribution in [2.24, 2.45) is 0 Å². The van der Waals surface area contributed by atoms with Crippen LogP contribution in [0.2, 0.25) is 0 Å². The summed E-state index contributed by atoms with van der Waals surface area (Å²) in [6, 6.07) is 18.7. The maximum absolute atomic E-state index is 12.2. The third kappa shape index (κ3) is 7.64. The molecule has 0 unspecified atom stereocenters. The number of benzene rings is 3. The molecule has 0 aliphatic heterocycles. The minimum Gasteiger partial charge on any atom is -0.497 e. The number of hydrogen-bond donors (Lipinski definition) is 0. The van der Waals surface area contributed by atoms with E-state index in [1.54, 1.807) is 55.7 Å². The van der Waals surface area contributed by atoms with Crippen LogP contribution in [0.25, 0.3) is 12.2 Å². The first-order valence-corrected chi connectivity index (χ1v) is 10.5. The maximum Gasteiger partial charge on any atom is 0.336 e. The summed E-state index contributed by atoms with van der Waals surface area (Å²) >= 11 is 0. The Balaban J connectivity index is 1.59. The van der Waals surface area contributed by atoms with Crippen LogP contribution in [-0.4, -0.2) is 26.2 Å². The molecule has 3 rings (SSSR count). The molecule has 3 aromatic rings. The number of rotatable bonds is 10. The third-order valence-corrected chi connectivity index (χ3v) is 4.60. The van der Waals surface area contributed by atoms with Gasteiger partial charge in [0, 0.05) is 18.2 Å². The molecule has 0 aromatic heterocycles. The molecule has 0 saturated carbocycles. The molecule has 0 saturated heterocycles. The van der Waals surface area contributed by atoms with Crippen LogP contribution in [0.5, 0.6) is 28.7 Å². The summed E-state index contributed by atoms with van der Waals surface area (Å²) in [6.45, 7) is 3.50. The lowest BCUT2D eigenvalue weighted by Crippen LogP contribution is -2.06. The van der Waals surface area contributed by atoms with E-state index in [2.05, 4.69) is 6.58 Å². The first kappa shape index (κ1) is 24.9. The fourth-order valence-corrected chi connectivity index (χ4v) is 2.89. The largest absolute Gasteiger partial charge is 0.497 e. The van der Waals surface area contributed by atoms with Gasteiger partial charge in [0.05, 0.1) is 20.5 Å². The van der Waals surface area contributed by atoms with Gasteiger partial charge in [-0.2, -0.15) is 0 Å². The topological polar surface area (TPSA) is 80.3 Å². The molecule has 7 nitrogen and oxygen atoms in total. The fraction of sp³-hybridized carbons (Fsp3) is 0.0714. The predicted molar refractivity (Wildman–Crippen MR) is 133 cm³/mol. The van der Waals surface area contributed by atoms with Crippen molar-refractivity contribution < 1.29 is 33.3 Å². The number of carbonyl (C=O) groups is 2. The van der Waals surface area contributed by atoms with Crippen LogP contribution < -0.4 is 23.7 Å². The smallest absolute Gasteiger partial charge is 0.336 e. The maximum atomic E-state index is 12.2. The van der Waals surface area contributed by atoms with E-state index >= 15 is 0 Å². The fourth-order valence-electron chi connectivity index (χ4n) is 2.89. The van der Waals surface area contributed by atoms with E-state index in [0.717, 1.165) is 16.9 Å². The number of methoxy groups -OCH3 is 2. The Hall–Kier alpha value is -4.78. The minimum absolute atomic E-state index is 0.189. The second-order valence-electron chi connectivity index (χ2n) is 6.95. The van der Waals surface area contributed by atoms with Crippen molar-refractivity contribution in [3.63, 3.8) is 0 Å². The van der Waals surface area contributed by atoms with Crippen molar-refractivity contribution in [3.05, 3.63) is 103 Å². The van der Waals surface area contributed by atoms with Gasteiger partial charge in [0.1, 0.15) is 17.2 Å². The van der Waals surface area contributed by atoms with E-state index in [1.807, 2.05) is 12.1 Å². The first-order valence-electron chi connectivity index (χ1n) is 10.5. The van der Waals surface area contributed by atoms with Crippen LogP contribution in [0.1, 0.15) is 11.1 Å². The van der Waals surface area contributed by atoms with E-state index < -0.39 is 11.9 Å². The molecule has 0 atom stereocenters. The van der Waals surface area contributed by atoms with Gasteiger partial charge in [-0.15, -0.1) is 0 Å². The average Bonchev–Trinajstić information content (AvgIpc) is 2.88. The molecule has 35 heavy (non-hydrogen) atoms. The van der Waals surface area contributed by atoms with Crippen molar-refractivity contribution in [3.8, 4) is 28.7 Å². The Kier molecular flexibility index (Phi) is 8.85. The van der Waals surface area contributed by atoms with Gasteiger partial charge in [-0.05, 0) is 59.7 Å². The molecule has 0 N–H and O–H groups in total. The van der Waals surface area contributed by atoms with E-state index in [4.69, 9.17) is 23.7 Å². The highest BCUT2D eigenvalue weighted by atomic mass is 16.6. The van der Waals surface area contributed by atoms with Crippen molar-refractivity contribution in [1.82, 2.24) is 0 Å². The summed E-state index contributed by atoms with van der Waals surface area (Å²) in [5, 5.41) is 0. The van der Waals surface area contributed by atoms with Gasteiger partial charge in [-0.3, -0.25) is 0 Å². The monoisotopic (exact) mass is 472 g/mol. The van der Waals surface area contributed by atoms with E-state index in [0.29, 0.717) is 5.75 Å². The quantitative estimate of drug-likeness (QED) is 0.168. The van der Waals surface area contributed by atoms with Crippen molar-refractivity contribution in [2.75, 3.05) is 14.2 Å². The first-order chi connectivity index (χ1) is 17.0. The number of carbonyl (C=O) groups excluding carboxylic acids is 2. The standard InChI is InChI=1S/C28H24O7/c1-4-33-23-13-7-21(8-14-23)9-17-27(29)34-24-15-16-25(26(19-24)32-3)35-28(30)18-10-20-5-11-22(31-2)12-6-20/h4-19H,1H2,2-3H3/b17-9+,18-10+. The molecular formula is C28H24O7. The lowest BCUT2D eigenvalue weighted by atomic mass is 10.2. The zero-order valence-electron chi connectivity index (χ0n) is 19.3. The molecule has 0 heterocycles. The molecule has 0 radical (unpaired) electrons. The summed E-state index contributed by atoms with van der Waals surface area (Å²) in [6.07, 6.45) is 7.17. The minimum atomic E-state index is -0.587. The van der Waals surface area contributed by atoms with Gasteiger partial charge in [-0.1, -0.05) is 30.8 Å². The Labute approximate surface area is 203 Å². The Morgan fingerprint density at radius 2 is 1.20 bits per heavy atom. The zero-order valence-corrected chi connectivity index (χ0v) is 19.3. The molecule has 0 aliphatic rings. The Morgan fingerprint density at radius 1 is 0.657 bits per heavy atom. The molecule has 3 aromatic carbocycles. The SMILES string of the molecule is C=COc1ccc(/C=C/C(=O)Oc2ccc(OC(=O)/C=C/c3ccc(OC)cc3)c(OC)c2)cc1. The van der Waals surface area contributed by atoms with Gasteiger partial charge in [0.15, 0.2) is 11.5 Å². The third-order valence-electron chi connectivity index (χ3n) is 4.60.